The number of hydrogen-bond donors (Lipinski definition) is 1. The third kappa shape index (κ3) is 3.20. The van der Waals surface area contributed by atoms with Crippen molar-refractivity contribution < 1.29 is 13.9 Å². The summed E-state index contributed by atoms with van der Waals surface area (Å²) in [6, 6.07) is 2.40. The zero-order valence-electron chi connectivity index (χ0n) is 9.30. The van der Waals surface area contributed by atoms with Crippen LogP contribution in [-0.2, 0) is 4.74 Å². The van der Waals surface area contributed by atoms with Crippen LogP contribution in [0, 0.1) is 5.82 Å². The monoisotopic (exact) mass is 289 g/mol. The van der Waals surface area contributed by atoms with Crippen molar-refractivity contribution in [3.63, 3.8) is 0 Å². The van der Waals surface area contributed by atoms with Gasteiger partial charge >= 0.3 is 5.97 Å². The predicted molar refractivity (Wildman–Crippen MR) is 63.7 cm³/mol. The van der Waals surface area contributed by atoms with Gasteiger partial charge < -0.3 is 10.5 Å². The van der Waals surface area contributed by atoms with Crippen LogP contribution in [0.1, 0.15) is 31.1 Å². The third-order valence-electron chi connectivity index (χ3n) is 1.71. The molecule has 0 atom stereocenters. The van der Waals surface area contributed by atoms with Crippen molar-refractivity contribution >= 4 is 27.6 Å². The second kappa shape index (κ2) is 4.41. The first kappa shape index (κ1) is 13.0. The highest BCUT2D eigenvalue weighted by Gasteiger charge is 2.21. The van der Waals surface area contributed by atoms with E-state index in [1.165, 1.54) is 6.07 Å². The average molecular weight is 290 g/mol. The van der Waals surface area contributed by atoms with Gasteiger partial charge in [-0.25, -0.2) is 9.18 Å². The second-order valence-corrected chi connectivity index (χ2v) is 5.21. The van der Waals surface area contributed by atoms with Crippen molar-refractivity contribution in [3.05, 3.63) is 28.0 Å². The molecule has 0 spiro atoms. The molecule has 0 aliphatic heterocycles. The van der Waals surface area contributed by atoms with Crippen LogP contribution in [-0.4, -0.2) is 11.6 Å². The minimum absolute atomic E-state index is 0.157. The van der Waals surface area contributed by atoms with E-state index in [1.54, 1.807) is 20.8 Å². The molecule has 0 radical (unpaired) electrons. The lowest BCUT2D eigenvalue weighted by molar-refractivity contribution is 0.00648. The zero-order valence-corrected chi connectivity index (χ0v) is 10.9. The molecule has 0 aliphatic carbocycles. The van der Waals surface area contributed by atoms with Crippen molar-refractivity contribution in [1.29, 1.82) is 0 Å². The summed E-state index contributed by atoms with van der Waals surface area (Å²) in [5, 5.41) is 0. The Kier molecular flexibility index (Phi) is 3.57. The average Bonchev–Trinajstić information content (AvgIpc) is 2.08. The van der Waals surface area contributed by atoms with Crippen LogP contribution in [0.5, 0.6) is 0 Å². The van der Waals surface area contributed by atoms with E-state index in [2.05, 4.69) is 15.9 Å². The standard InChI is InChI=1S/C11H13BrFNO2/c1-11(2,3)16-10(15)6-4-9(14)7(12)5-8(6)13/h4-5H,14H2,1-3H3. The molecule has 0 heterocycles. The normalized spacial score (nSPS) is 11.3. The number of anilines is 1. The maximum atomic E-state index is 13.5. The molecule has 5 heteroatoms. The first-order valence-corrected chi connectivity index (χ1v) is 5.48. The number of carbonyl (C=O) groups excluding carboxylic acids is 1. The molecule has 0 amide bonds. The molecular weight excluding hydrogens is 277 g/mol. The largest absolute Gasteiger partial charge is 0.456 e. The van der Waals surface area contributed by atoms with Gasteiger partial charge in [-0.1, -0.05) is 0 Å². The highest BCUT2D eigenvalue weighted by atomic mass is 79.9. The molecule has 0 saturated heterocycles. The topological polar surface area (TPSA) is 52.3 Å². The summed E-state index contributed by atoms with van der Waals surface area (Å²) < 4.78 is 18.9. The van der Waals surface area contributed by atoms with E-state index in [0.717, 1.165) is 6.07 Å². The van der Waals surface area contributed by atoms with Gasteiger partial charge in [0, 0.05) is 10.2 Å². The van der Waals surface area contributed by atoms with Gasteiger partial charge in [-0.15, -0.1) is 0 Å². The molecule has 16 heavy (non-hydrogen) atoms. The van der Waals surface area contributed by atoms with Crippen molar-refractivity contribution in [2.75, 3.05) is 5.73 Å². The van der Waals surface area contributed by atoms with Crippen LogP contribution in [0.15, 0.2) is 16.6 Å². The van der Waals surface area contributed by atoms with Crippen molar-refractivity contribution in [2.45, 2.75) is 26.4 Å². The van der Waals surface area contributed by atoms with Crippen LogP contribution in [0.2, 0.25) is 0 Å². The van der Waals surface area contributed by atoms with E-state index in [9.17, 15) is 9.18 Å². The number of nitrogens with two attached hydrogens (primary N) is 1. The summed E-state index contributed by atoms with van der Waals surface area (Å²) in [6.07, 6.45) is 0. The number of halogens is 2. The Morgan fingerprint density at radius 2 is 2.00 bits per heavy atom. The molecule has 1 rings (SSSR count). The second-order valence-electron chi connectivity index (χ2n) is 4.36. The third-order valence-corrected chi connectivity index (χ3v) is 2.39. The van der Waals surface area contributed by atoms with Crippen LogP contribution in [0.25, 0.3) is 0 Å². The van der Waals surface area contributed by atoms with Gasteiger partial charge in [0.25, 0.3) is 0 Å². The number of hydrogen-bond acceptors (Lipinski definition) is 3. The smallest absolute Gasteiger partial charge is 0.341 e. The van der Waals surface area contributed by atoms with Crippen molar-refractivity contribution in [1.82, 2.24) is 0 Å². The summed E-state index contributed by atoms with van der Waals surface area (Å²) in [5.41, 5.74) is 5.05. The fourth-order valence-electron chi connectivity index (χ4n) is 1.06. The van der Waals surface area contributed by atoms with Gasteiger partial charge in [-0.05, 0) is 48.8 Å². The minimum Gasteiger partial charge on any atom is -0.456 e. The highest BCUT2D eigenvalue weighted by molar-refractivity contribution is 9.10. The van der Waals surface area contributed by atoms with Gasteiger partial charge in [0.2, 0.25) is 0 Å². The van der Waals surface area contributed by atoms with E-state index < -0.39 is 17.4 Å². The lowest BCUT2D eigenvalue weighted by Crippen LogP contribution is -2.24. The fraction of sp³-hybridized carbons (Fsp3) is 0.364. The van der Waals surface area contributed by atoms with Gasteiger partial charge in [-0.2, -0.15) is 0 Å². The Hall–Kier alpha value is -1.10. The molecule has 3 nitrogen and oxygen atoms in total. The van der Waals surface area contributed by atoms with Gasteiger partial charge in [-0.3, -0.25) is 0 Å². The van der Waals surface area contributed by atoms with E-state index in [1.807, 2.05) is 0 Å². The van der Waals surface area contributed by atoms with E-state index in [0.29, 0.717) is 10.2 Å². The Balaban J connectivity index is 3.05. The Morgan fingerprint density at radius 1 is 1.44 bits per heavy atom. The van der Waals surface area contributed by atoms with Crippen LogP contribution < -0.4 is 5.73 Å². The van der Waals surface area contributed by atoms with Gasteiger partial charge in [0.05, 0.1) is 5.56 Å². The molecule has 0 fully saturated rings. The maximum Gasteiger partial charge on any atom is 0.341 e. The van der Waals surface area contributed by atoms with E-state index >= 15 is 0 Å². The zero-order chi connectivity index (χ0) is 12.5. The Labute approximate surface area is 102 Å². The van der Waals surface area contributed by atoms with Gasteiger partial charge in [0.1, 0.15) is 11.4 Å². The first-order valence-electron chi connectivity index (χ1n) is 4.68. The summed E-state index contributed by atoms with van der Waals surface area (Å²) in [7, 11) is 0. The molecule has 0 bridgehead atoms. The minimum atomic E-state index is -0.718. The van der Waals surface area contributed by atoms with Crippen molar-refractivity contribution in [2.24, 2.45) is 0 Å². The number of benzene rings is 1. The summed E-state index contributed by atoms with van der Waals surface area (Å²) >= 11 is 3.07. The van der Waals surface area contributed by atoms with Crippen LogP contribution in [0.3, 0.4) is 0 Å². The molecule has 1 aromatic carbocycles. The summed E-state index contributed by atoms with van der Waals surface area (Å²) in [5.74, 6) is -1.38. The molecule has 1 aromatic rings. The first-order chi connectivity index (χ1) is 7.20. The quantitative estimate of drug-likeness (QED) is 0.638. The lowest BCUT2D eigenvalue weighted by Gasteiger charge is -2.19. The molecule has 0 saturated carbocycles. The van der Waals surface area contributed by atoms with Crippen LogP contribution in [0.4, 0.5) is 10.1 Å². The van der Waals surface area contributed by atoms with Crippen LogP contribution >= 0.6 is 15.9 Å². The Bertz CT molecular complexity index is 427. The SMILES string of the molecule is CC(C)(C)OC(=O)c1cc(N)c(Br)cc1F. The number of esters is 1. The molecular formula is C11H13BrFNO2. The number of rotatable bonds is 1. The van der Waals surface area contributed by atoms with E-state index in [-0.39, 0.29) is 5.56 Å². The Morgan fingerprint density at radius 3 is 2.50 bits per heavy atom. The number of ether oxygens (including phenoxy) is 1. The number of carbonyl (C=O) groups is 1. The molecule has 0 aliphatic rings. The molecule has 0 unspecified atom stereocenters. The molecule has 0 aromatic heterocycles. The summed E-state index contributed by atoms with van der Waals surface area (Å²) in [6.45, 7) is 5.14. The predicted octanol–water partition coefficient (Wildman–Crippen LogP) is 3.13. The summed E-state index contributed by atoms with van der Waals surface area (Å²) in [4.78, 5) is 11.6. The van der Waals surface area contributed by atoms with Gasteiger partial charge in [0.15, 0.2) is 0 Å². The molecule has 88 valence electrons. The van der Waals surface area contributed by atoms with E-state index in [4.69, 9.17) is 10.5 Å². The lowest BCUT2D eigenvalue weighted by atomic mass is 10.1. The molecule has 2 N–H and O–H groups in total. The van der Waals surface area contributed by atoms with Crippen molar-refractivity contribution in [3.8, 4) is 0 Å². The fourth-order valence-corrected chi connectivity index (χ4v) is 1.37. The maximum absolute atomic E-state index is 13.5. The number of nitrogen functional groups attached to an aromatic ring is 1. The highest BCUT2D eigenvalue weighted by Crippen LogP contribution is 2.24.